The average molecular weight is 192 g/mol. The Balaban J connectivity index is 2.13. The quantitative estimate of drug-likeness (QED) is 0.722. The van der Waals surface area contributed by atoms with Gasteiger partial charge >= 0.3 is 0 Å². The molecule has 2 nitrogen and oxygen atoms in total. The second-order valence-corrected chi connectivity index (χ2v) is 3.56. The summed E-state index contributed by atoms with van der Waals surface area (Å²) in [5.41, 5.74) is 2.23. The van der Waals surface area contributed by atoms with Gasteiger partial charge in [-0.15, -0.1) is 0 Å². The maximum atomic E-state index is 12.7. The Morgan fingerprint density at radius 1 is 1.36 bits per heavy atom. The highest BCUT2D eigenvalue weighted by atomic mass is 19.1. The Kier molecular flexibility index (Phi) is 2.59. The van der Waals surface area contributed by atoms with Gasteiger partial charge in [-0.1, -0.05) is 12.1 Å². The molecule has 1 aromatic rings. The molecule has 14 heavy (non-hydrogen) atoms. The maximum absolute atomic E-state index is 12.7. The van der Waals surface area contributed by atoms with Crippen molar-refractivity contribution in [3.05, 3.63) is 35.6 Å². The van der Waals surface area contributed by atoms with Crippen LogP contribution in [0.1, 0.15) is 18.5 Å². The van der Waals surface area contributed by atoms with Gasteiger partial charge in [-0.3, -0.25) is 4.99 Å². The zero-order chi connectivity index (χ0) is 9.97. The summed E-state index contributed by atoms with van der Waals surface area (Å²) in [6, 6.07) is 6.83. The summed E-state index contributed by atoms with van der Waals surface area (Å²) in [5.74, 6) is -0.191. The number of aliphatic imine (C=N–C) groups is 1. The predicted octanol–water partition coefficient (Wildman–Crippen LogP) is 1.93. The van der Waals surface area contributed by atoms with Crippen molar-refractivity contribution in [2.24, 2.45) is 4.99 Å². The monoisotopic (exact) mass is 192 g/mol. The second-order valence-electron chi connectivity index (χ2n) is 3.56. The van der Waals surface area contributed by atoms with E-state index in [1.165, 1.54) is 12.1 Å². The van der Waals surface area contributed by atoms with E-state index in [9.17, 15) is 4.39 Å². The number of hydrogen-bond donors (Lipinski definition) is 1. The number of benzene rings is 1. The fourth-order valence-corrected chi connectivity index (χ4v) is 1.56. The normalized spacial score (nSPS) is 21.9. The molecule has 1 aromatic carbocycles. The highest BCUT2D eigenvalue weighted by Gasteiger charge is 2.14. The van der Waals surface area contributed by atoms with E-state index in [1.54, 1.807) is 0 Å². The van der Waals surface area contributed by atoms with Gasteiger partial charge in [0.15, 0.2) is 0 Å². The molecular weight excluding hydrogens is 179 g/mol. The van der Waals surface area contributed by atoms with E-state index in [1.807, 2.05) is 19.1 Å². The molecule has 2 rings (SSSR count). The minimum atomic E-state index is -0.191. The summed E-state index contributed by atoms with van der Waals surface area (Å²) in [7, 11) is 0. The van der Waals surface area contributed by atoms with Crippen molar-refractivity contribution in [3.63, 3.8) is 0 Å². The highest BCUT2D eigenvalue weighted by Crippen LogP contribution is 2.15. The molecular formula is C11H13FN2. The summed E-state index contributed by atoms with van der Waals surface area (Å²) in [5, 5.41) is 3.35. The Bertz CT molecular complexity index is 343. The predicted molar refractivity (Wildman–Crippen MR) is 55.1 cm³/mol. The lowest BCUT2D eigenvalue weighted by molar-refractivity contribution is 0.561. The van der Waals surface area contributed by atoms with E-state index in [-0.39, 0.29) is 11.9 Å². The van der Waals surface area contributed by atoms with Gasteiger partial charge in [0, 0.05) is 12.3 Å². The number of halogens is 1. The first-order valence-corrected chi connectivity index (χ1v) is 4.74. The van der Waals surface area contributed by atoms with Crippen LogP contribution in [0.25, 0.3) is 0 Å². The van der Waals surface area contributed by atoms with Crippen molar-refractivity contribution < 1.29 is 4.39 Å². The van der Waals surface area contributed by atoms with Crippen LogP contribution in [0.15, 0.2) is 29.3 Å². The first-order valence-electron chi connectivity index (χ1n) is 4.74. The van der Waals surface area contributed by atoms with Crippen LogP contribution in [0.5, 0.6) is 0 Å². The molecule has 3 heteroatoms. The van der Waals surface area contributed by atoms with Crippen molar-refractivity contribution in [3.8, 4) is 0 Å². The maximum Gasteiger partial charge on any atom is 0.123 e. The van der Waals surface area contributed by atoms with E-state index >= 15 is 0 Å². The molecule has 1 unspecified atom stereocenters. The fraction of sp³-hybridized carbons (Fsp3) is 0.364. The van der Waals surface area contributed by atoms with Crippen LogP contribution in [0, 0.1) is 5.82 Å². The van der Waals surface area contributed by atoms with Crippen LogP contribution in [0.3, 0.4) is 0 Å². The summed E-state index contributed by atoms with van der Waals surface area (Å²) in [6.45, 7) is 3.58. The molecule has 0 radical (unpaired) electrons. The SMILES string of the molecule is CC1=NCC(c2ccc(F)cc2)NC1. The molecule has 1 N–H and O–H groups in total. The van der Waals surface area contributed by atoms with Crippen LogP contribution in [-0.2, 0) is 0 Å². The molecule has 0 spiro atoms. The lowest BCUT2D eigenvalue weighted by Gasteiger charge is -2.21. The third-order valence-corrected chi connectivity index (χ3v) is 2.42. The topological polar surface area (TPSA) is 24.4 Å². The van der Waals surface area contributed by atoms with Gasteiger partial charge in [-0.2, -0.15) is 0 Å². The molecule has 0 saturated heterocycles. The molecule has 0 saturated carbocycles. The molecule has 1 aliphatic rings. The molecule has 74 valence electrons. The Morgan fingerprint density at radius 3 is 2.64 bits per heavy atom. The van der Waals surface area contributed by atoms with Crippen molar-refractivity contribution in [2.75, 3.05) is 13.1 Å². The van der Waals surface area contributed by atoms with Crippen molar-refractivity contribution in [1.29, 1.82) is 0 Å². The zero-order valence-corrected chi connectivity index (χ0v) is 8.13. The third kappa shape index (κ3) is 1.99. The van der Waals surface area contributed by atoms with Crippen molar-refractivity contribution in [1.82, 2.24) is 5.32 Å². The smallest absolute Gasteiger partial charge is 0.123 e. The van der Waals surface area contributed by atoms with Crippen LogP contribution >= 0.6 is 0 Å². The van der Waals surface area contributed by atoms with Crippen LogP contribution < -0.4 is 5.32 Å². The minimum absolute atomic E-state index is 0.191. The summed E-state index contributed by atoms with van der Waals surface area (Å²) in [4.78, 5) is 4.37. The Labute approximate surface area is 82.9 Å². The van der Waals surface area contributed by atoms with Crippen LogP contribution in [0.4, 0.5) is 4.39 Å². The minimum Gasteiger partial charge on any atom is -0.303 e. The van der Waals surface area contributed by atoms with Crippen LogP contribution in [-0.4, -0.2) is 18.8 Å². The number of nitrogens with zero attached hydrogens (tertiary/aromatic N) is 1. The first-order chi connectivity index (χ1) is 6.75. The van der Waals surface area contributed by atoms with Gasteiger partial charge in [0.05, 0.1) is 12.6 Å². The van der Waals surface area contributed by atoms with Crippen LogP contribution in [0.2, 0.25) is 0 Å². The second kappa shape index (κ2) is 3.88. The third-order valence-electron chi connectivity index (χ3n) is 2.42. The molecule has 0 fully saturated rings. The molecule has 0 bridgehead atoms. The molecule has 1 aliphatic heterocycles. The van der Waals surface area contributed by atoms with E-state index in [2.05, 4.69) is 10.3 Å². The van der Waals surface area contributed by atoms with Crippen molar-refractivity contribution in [2.45, 2.75) is 13.0 Å². The lowest BCUT2D eigenvalue weighted by atomic mass is 10.1. The number of rotatable bonds is 1. The largest absolute Gasteiger partial charge is 0.303 e. The van der Waals surface area contributed by atoms with Gasteiger partial charge in [-0.05, 0) is 24.6 Å². The van der Waals surface area contributed by atoms with Gasteiger partial charge < -0.3 is 5.32 Å². The number of nitrogens with one attached hydrogen (secondary N) is 1. The van der Waals surface area contributed by atoms with Gasteiger partial charge in [0.2, 0.25) is 0 Å². The molecule has 1 heterocycles. The Hall–Kier alpha value is -1.22. The van der Waals surface area contributed by atoms with E-state index in [0.29, 0.717) is 0 Å². The molecule has 0 aliphatic carbocycles. The lowest BCUT2D eigenvalue weighted by Crippen LogP contribution is -2.33. The van der Waals surface area contributed by atoms with E-state index in [0.717, 1.165) is 24.4 Å². The van der Waals surface area contributed by atoms with E-state index in [4.69, 9.17) is 0 Å². The summed E-state index contributed by atoms with van der Waals surface area (Å²) >= 11 is 0. The van der Waals surface area contributed by atoms with Crippen molar-refractivity contribution >= 4 is 5.71 Å². The summed E-state index contributed by atoms with van der Waals surface area (Å²) in [6.07, 6.45) is 0. The number of hydrogen-bond acceptors (Lipinski definition) is 2. The van der Waals surface area contributed by atoms with Gasteiger partial charge in [-0.25, -0.2) is 4.39 Å². The summed E-state index contributed by atoms with van der Waals surface area (Å²) < 4.78 is 12.7. The standard InChI is InChI=1S/C11H13FN2/c1-8-6-14-11(7-13-8)9-2-4-10(12)5-3-9/h2-5,11,14H,6-7H2,1H3. The molecule has 0 amide bonds. The Morgan fingerprint density at radius 2 is 2.07 bits per heavy atom. The van der Waals surface area contributed by atoms with E-state index < -0.39 is 0 Å². The first kappa shape index (κ1) is 9.34. The average Bonchev–Trinajstić information content (AvgIpc) is 2.21. The fourth-order valence-electron chi connectivity index (χ4n) is 1.56. The highest BCUT2D eigenvalue weighted by molar-refractivity contribution is 5.84. The molecule has 0 aromatic heterocycles. The van der Waals surface area contributed by atoms with Gasteiger partial charge in [0.25, 0.3) is 0 Å². The molecule has 1 atom stereocenters. The zero-order valence-electron chi connectivity index (χ0n) is 8.13. The van der Waals surface area contributed by atoms with Gasteiger partial charge in [0.1, 0.15) is 5.82 Å².